The number of aromatic nitrogens is 1. The van der Waals surface area contributed by atoms with Crippen molar-refractivity contribution >= 4 is 5.82 Å². The average Bonchev–Trinajstić information content (AvgIpc) is 2.05. The van der Waals surface area contributed by atoms with Crippen molar-refractivity contribution in [1.82, 2.24) is 4.98 Å². The van der Waals surface area contributed by atoms with Gasteiger partial charge in [0.1, 0.15) is 5.82 Å². The molecule has 0 aliphatic heterocycles. The van der Waals surface area contributed by atoms with Crippen LogP contribution >= 0.6 is 0 Å². The number of hydrogen-bond acceptors (Lipinski definition) is 2. The molecule has 66 valence electrons. The number of nitrogens with zero attached hydrogens (tertiary/aromatic N) is 1. The number of unbranched alkanes of at least 4 members (excludes halogenated alkanes) is 1. The molecular formula is C10H16N2. The van der Waals surface area contributed by atoms with Crippen LogP contribution in [0.2, 0.25) is 0 Å². The van der Waals surface area contributed by atoms with Gasteiger partial charge in [0.2, 0.25) is 0 Å². The van der Waals surface area contributed by atoms with E-state index in [2.05, 4.69) is 30.2 Å². The van der Waals surface area contributed by atoms with Crippen molar-refractivity contribution in [2.24, 2.45) is 0 Å². The third-order valence-corrected chi connectivity index (χ3v) is 1.75. The zero-order chi connectivity index (χ0) is 8.81. The minimum Gasteiger partial charge on any atom is -0.370 e. The van der Waals surface area contributed by atoms with Gasteiger partial charge >= 0.3 is 0 Å². The fraction of sp³-hybridized carbons (Fsp3) is 0.500. The predicted octanol–water partition coefficient (Wildman–Crippen LogP) is 2.60. The van der Waals surface area contributed by atoms with E-state index in [1.807, 2.05) is 12.3 Å². The van der Waals surface area contributed by atoms with Gasteiger partial charge in [-0.05, 0) is 31.0 Å². The van der Waals surface area contributed by atoms with Crippen molar-refractivity contribution in [2.45, 2.75) is 26.7 Å². The first-order valence-corrected chi connectivity index (χ1v) is 4.49. The van der Waals surface area contributed by atoms with E-state index in [1.54, 1.807) is 0 Å². The van der Waals surface area contributed by atoms with Crippen LogP contribution in [0.1, 0.15) is 25.3 Å². The largest absolute Gasteiger partial charge is 0.370 e. The molecule has 0 saturated heterocycles. The molecule has 0 saturated carbocycles. The van der Waals surface area contributed by atoms with Crippen molar-refractivity contribution in [3.63, 3.8) is 0 Å². The van der Waals surface area contributed by atoms with E-state index in [4.69, 9.17) is 0 Å². The van der Waals surface area contributed by atoms with Gasteiger partial charge in [-0.15, -0.1) is 0 Å². The second kappa shape index (κ2) is 4.75. The van der Waals surface area contributed by atoms with Crippen molar-refractivity contribution in [2.75, 3.05) is 11.9 Å². The molecule has 0 fully saturated rings. The summed E-state index contributed by atoms with van der Waals surface area (Å²) in [4.78, 5) is 4.20. The fourth-order valence-corrected chi connectivity index (χ4v) is 1.03. The minimum atomic E-state index is 0.989. The smallest absolute Gasteiger partial charge is 0.126 e. The summed E-state index contributed by atoms with van der Waals surface area (Å²) in [5, 5.41) is 3.28. The molecule has 0 aliphatic rings. The lowest BCUT2D eigenvalue weighted by Gasteiger charge is -2.03. The first kappa shape index (κ1) is 9.04. The lowest BCUT2D eigenvalue weighted by atomic mass is 10.3. The Hall–Kier alpha value is -1.05. The van der Waals surface area contributed by atoms with Gasteiger partial charge in [0, 0.05) is 12.7 Å². The molecule has 0 unspecified atom stereocenters. The predicted molar refractivity (Wildman–Crippen MR) is 52.4 cm³/mol. The minimum absolute atomic E-state index is 0.989. The van der Waals surface area contributed by atoms with Gasteiger partial charge in [0.15, 0.2) is 0 Å². The Morgan fingerprint density at radius 1 is 1.50 bits per heavy atom. The molecule has 1 N–H and O–H groups in total. The van der Waals surface area contributed by atoms with Crippen LogP contribution in [-0.2, 0) is 0 Å². The molecule has 0 aromatic carbocycles. The van der Waals surface area contributed by atoms with Crippen molar-refractivity contribution in [3.8, 4) is 0 Å². The second-order valence-electron chi connectivity index (χ2n) is 3.00. The molecule has 0 spiro atoms. The lowest BCUT2D eigenvalue weighted by Crippen LogP contribution is -2.02. The molecular weight excluding hydrogens is 148 g/mol. The summed E-state index contributed by atoms with van der Waals surface area (Å²) in [6.07, 6.45) is 4.26. The molecule has 1 aromatic heterocycles. The lowest BCUT2D eigenvalue weighted by molar-refractivity contribution is 0.831. The Balaban J connectivity index is 2.41. The van der Waals surface area contributed by atoms with Crippen LogP contribution in [-0.4, -0.2) is 11.5 Å². The van der Waals surface area contributed by atoms with Gasteiger partial charge in [-0.1, -0.05) is 13.3 Å². The highest BCUT2D eigenvalue weighted by Gasteiger charge is 1.91. The third kappa shape index (κ3) is 2.91. The van der Waals surface area contributed by atoms with Crippen LogP contribution in [0.25, 0.3) is 0 Å². The number of anilines is 1. The maximum Gasteiger partial charge on any atom is 0.126 e. The molecule has 2 heteroatoms. The standard InChI is InChI=1S/C10H16N2/c1-3-4-6-11-10-8-9(2)5-7-12-10/h5,7-8H,3-4,6H2,1-2H3,(H,11,12). The quantitative estimate of drug-likeness (QED) is 0.692. The van der Waals surface area contributed by atoms with Gasteiger partial charge in [-0.25, -0.2) is 4.98 Å². The second-order valence-corrected chi connectivity index (χ2v) is 3.00. The van der Waals surface area contributed by atoms with Gasteiger partial charge in [-0.2, -0.15) is 0 Å². The van der Waals surface area contributed by atoms with E-state index in [-0.39, 0.29) is 0 Å². The molecule has 0 amide bonds. The van der Waals surface area contributed by atoms with Crippen molar-refractivity contribution in [1.29, 1.82) is 0 Å². The molecule has 0 radical (unpaired) electrons. The maximum atomic E-state index is 4.20. The monoisotopic (exact) mass is 164 g/mol. The van der Waals surface area contributed by atoms with Crippen LogP contribution in [0, 0.1) is 6.92 Å². The van der Waals surface area contributed by atoms with E-state index >= 15 is 0 Å². The molecule has 2 nitrogen and oxygen atoms in total. The number of hydrogen-bond donors (Lipinski definition) is 1. The third-order valence-electron chi connectivity index (χ3n) is 1.75. The summed E-state index contributed by atoms with van der Waals surface area (Å²) in [6, 6.07) is 4.07. The van der Waals surface area contributed by atoms with E-state index in [1.165, 1.54) is 18.4 Å². The Morgan fingerprint density at radius 2 is 2.33 bits per heavy atom. The summed E-state index contributed by atoms with van der Waals surface area (Å²) >= 11 is 0. The highest BCUT2D eigenvalue weighted by atomic mass is 15.0. The summed E-state index contributed by atoms with van der Waals surface area (Å²) in [5.74, 6) is 0.989. The normalized spacial score (nSPS) is 9.83. The van der Waals surface area contributed by atoms with Crippen molar-refractivity contribution < 1.29 is 0 Å². The van der Waals surface area contributed by atoms with Crippen molar-refractivity contribution in [3.05, 3.63) is 23.9 Å². The molecule has 1 aromatic rings. The van der Waals surface area contributed by atoms with Gasteiger partial charge in [0.05, 0.1) is 0 Å². The molecule has 1 rings (SSSR count). The number of pyridine rings is 1. The Labute approximate surface area is 74.0 Å². The summed E-state index contributed by atoms with van der Waals surface area (Å²) < 4.78 is 0. The summed E-state index contributed by atoms with van der Waals surface area (Å²) in [7, 11) is 0. The van der Waals surface area contributed by atoms with Crippen LogP contribution in [0.5, 0.6) is 0 Å². The first-order valence-electron chi connectivity index (χ1n) is 4.49. The number of rotatable bonds is 4. The average molecular weight is 164 g/mol. The van der Waals surface area contributed by atoms with Crippen LogP contribution < -0.4 is 5.32 Å². The van der Waals surface area contributed by atoms with E-state index < -0.39 is 0 Å². The van der Waals surface area contributed by atoms with Gasteiger partial charge in [-0.3, -0.25) is 0 Å². The first-order chi connectivity index (χ1) is 5.83. The molecule has 0 atom stereocenters. The van der Waals surface area contributed by atoms with Crippen LogP contribution in [0.3, 0.4) is 0 Å². The Bertz CT molecular complexity index is 233. The zero-order valence-corrected chi connectivity index (χ0v) is 7.80. The van der Waals surface area contributed by atoms with Crippen LogP contribution in [0.15, 0.2) is 18.3 Å². The van der Waals surface area contributed by atoms with E-state index in [0.29, 0.717) is 0 Å². The Kier molecular flexibility index (Phi) is 3.58. The molecule has 0 aliphatic carbocycles. The molecule has 1 heterocycles. The topological polar surface area (TPSA) is 24.9 Å². The van der Waals surface area contributed by atoms with E-state index in [0.717, 1.165) is 12.4 Å². The highest BCUT2D eigenvalue weighted by molar-refractivity contribution is 5.36. The molecule has 0 bridgehead atoms. The molecule has 12 heavy (non-hydrogen) atoms. The fourth-order valence-electron chi connectivity index (χ4n) is 1.03. The number of nitrogens with one attached hydrogen (secondary N) is 1. The van der Waals surface area contributed by atoms with Crippen LogP contribution in [0.4, 0.5) is 5.82 Å². The number of aryl methyl sites for hydroxylation is 1. The zero-order valence-electron chi connectivity index (χ0n) is 7.80. The van der Waals surface area contributed by atoms with Gasteiger partial charge < -0.3 is 5.32 Å². The SMILES string of the molecule is CCCCNc1cc(C)ccn1. The summed E-state index contributed by atoms with van der Waals surface area (Å²) in [5.41, 5.74) is 1.25. The van der Waals surface area contributed by atoms with Gasteiger partial charge in [0.25, 0.3) is 0 Å². The van der Waals surface area contributed by atoms with E-state index in [9.17, 15) is 0 Å². The summed E-state index contributed by atoms with van der Waals surface area (Å²) in [6.45, 7) is 5.28. The maximum absolute atomic E-state index is 4.20. The Morgan fingerprint density at radius 3 is 3.00 bits per heavy atom. The highest BCUT2D eigenvalue weighted by Crippen LogP contribution is 2.04.